The van der Waals surface area contributed by atoms with Gasteiger partial charge in [-0.3, -0.25) is 4.72 Å². The summed E-state index contributed by atoms with van der Waals surface area (Å²) in [6, 6.07) is 4.03. The summed E-state index contributed by atoms with van der Waals surface area (Å²) in [5, 5.41) is 0.567. The van der Waals surface area contributed by atoms with Crippen molar-refractivity contribution in [3.05, 3.63) is 40.5 Å². The molecule has 0 aliphatic carbocycles. The average molecular weight is 336 g/mol. The molecule has 1 aromatic carbocycles. The molecule has 0 saturated carbocycles. The first-order chi connectivity index (χ1) is 9.59. The Labute approximate surface area is 123 Å². The molecule has 4 nitrogen and oxygen atoms in total. The van der Waals surface area contributed by atoms with Crippen molar-refractivity contribution >= 4 is 27.0 Å². The Morgan fingerprint density at radius 3 is 2.43 bits per heavy atom. The number of halogens is 3. The molecule has 2 rings (SSSR count). The minimum absolute atomic E-state index is 0.00240. The molecule has 1 N–H and O–H groups in total. The van der Waals surface area contributed by atoms with Crippen LogP contribution in [0.5, 0.6) is 0 Å². The second-order valence-electron chi connectivity index (χ2n) is 4.29. The molecule has 9 heteroatoms. The lowest BCUT2D eigenvalue weighted by atomic mass is 10.2. The van der Waals surface area contributed by atoms with Crippen molar-refractivity contribution in [1.82, 2.24) is 4.98 Å². The maximum atomic E-state index is 12.6. The van der Waals surface area contributed by atoms with E-state index in [1.54, 1.807) is 6.92 Å². The van der Waals surface area contributed by atoms with Crippen LogP contribution in [0, 0.1) is 13.8 Å². The molecular formula is C12H11F3N2O2S2. The van der Waals surface area contributed by atoms with Gasteiger partial charge in [0.15, 0.2) is 4.21 Å². The van der Waals surface area contributed by atoms with Crippen LogP contribution in [0.25, 0.3) is 0 Å². The van der Waals surface area contributed by atoms with Gasteiger partial charge in [0.25, 0.3) is 10.0 Å². The number of anilines is 1. The fourth-order valence-corrected chi connectivity index (χ4v) is 4.26. The second-order valence-corrected chi connectivity index (χ2v) is 7.37. The van der Waals surface area contributed by atoms with E-state index in [1.807, 2.05) is 0 Å². The zero-order chi connectivity index (χ0) is 15.8. The Morgan fingerprint density at radius 1 is 1.24 bits per heavy atom. The van der Waals surface area contributed by atoms with Crippen LogP contribution in [-0.4, -0.2) is 13.4 Å². The van der Waals surface area contributed by atoms with Crippen LogP contribution in [-0.2, 0) is 16.2 Å². The Bertz CT molecular complexity index is 767. The van der Waals surface area contributed by atoms with Gasteiger partial charge < -0.3 is 0 Å². The molecule has 1 aromatic heterocycles. The number of hydrogen-bond acceptors (Lipinski definition) is 4. The van der Waals surface area contributed by atoms with Gasteiger partial charge in [-0.05, 0) is 32.0 Å². The van der Waals surface area contributed by atoms with Gasteiger partial charge in [-0.25, -0.2) is 13.4 Å². The first-order valence-corrected chi connectivity index (χ1v) is 8.04. The van der Waals surface area contributed by atoms with Crippen molar-refractivity contribution in [2.75, 3.05) is 4.72 Å². The third-order valence-corrected chi connectivity index (χ3v) is 5.61. The SMILES string of the molecule is Cc1nc(C)c(S(=O)(=O)Nc2cccc(C(F)(F)F)c2)s1. The molecule has 0 radical (unpaired) electrons. The molecule has 0 aliphatic heterocycles. The van der Waals surface area contributed by atoms with E-state index in [0.29, 0.717) is 10.7 Å². The van der Waals surface area contributed by atoms with Crippen LogP contribution in [0.4, 0.5) is 18.9 Å². The van der Waals surface area contributed by atoms with E-state index in [1.165, 1.54) is 13.0 Å². The summed E-state index contributed by atoms with van der Waals surface area (Å²) >= 11 is 0.966. The predicted molar refractivity (Wildman–Crippen MR) is 73.8 cm³/mol. The molecule has 0 amide bonds. The lowest BCUT2D eigenvalue weighted by molar-refractivity contribution is -0.137. The first-order valence-electron chi connectivity index (χ1n) is 5.74. The van der Waals surface area contributed by atoms with Crippen molar-refractivity contribution in [2.24, 2.45) is 0 Å². The highest BCUT2D eigenvalue weighted by atomic mass is 32.2. The topological polar surface area (TPSA) is 59.1 Å². The number of nitrogens with one attached hydrogen (secondary N) is 1. The van der Waals surface area contributed by atoms with E-state index in [-0.39, 0.29) is 9.90 Å². The molecule has 0 atom stereocenters. The minimum atomic E-state index is -4.53. The van der Waals surface area contributed by atoms with Crippen LogP contribution in [0.3, 0.4) is 0 Å². The Kier molecular flexibility index (Phi) is 3.98. The molecule has 0 unspecified atom stereocenters. The molecule has 0 bridgehead atoms. The summed E-state index contributed by atoms with van der Waals surface area (Å²) in [5.74, 6) is 0. The Morgan fingerprint density at radius 2 is 1.90 bits per heavy atom. The first kappa shape index (κ1) is 15.8. The number of hydrogen-bond donors (Lipinski definition) is 1. The summed E-state index contributed by atoms with van der Waals surface area (Å²) in [6.07, 6.45) is -4.53. The minimum Gasteiger partial charge on any atom is -0.279 e. The number of sulfonamides is 1. The third kappa shape index (κ3) is 3.53. The molecule has 2 aromatic rings. The average Bonchev–Trinajstić information content (AvgIpc) is 2.68. The van der Waals surface area contributed by atoms with E-state index >= 15 is 0 Å². The van der Waals surface area contributed by atoms with E-state index in [2.05, 4.69) is 9.71 Å². The monoisotopic (exact) mass is 336 g/mol. The van der Waals surface area contributed by atoms with Crippen LogP contribution in [0.15, 0.2) is 28.5 Å². The van der Waals surface area contributed by atoms with Crippen LogP contribution >= 0.6 is 11.3 Å². The van der Waals surface area contributed by atoms with Gasteiger partial charge in [0.05, 0.1) is 16.3 Å². The van der Waals surface area contributed by atoms with Crippen molar-refractivity contribution < 1.29 is 21.6 Å². The van der Waals surface area contributed by atoms with Crippen molar-refractivity contribution in [3.63, 3.8) is 0 Å². The maximum absolute atomic E-state index is 12.6. The van der Waals surface area contributed by atoms with E-state index in [4.69, 9.17) is 0 Å². The number of aryl methyl sites for hydroxylation is 2. The fraction of sp³-hybridized carbons (Fsp3) is 0.250. The number of aromatic nitrogens is 1. The molecule has 0 saturated heterocycles. The molecule has 114 valence electrons. The highest BCUT2D eigenvalue weighted by Gasteiger charge is 2.31. The number of alkyl halides is 3. The summed E-state index contributed by atoms with van der Waals surface area (Å²) in [7, 11) is -3.95. The van der Waals surface area contributed by atoms with E-state index in [0.717, 1.165) is 29.5 Å². The van der Waals surface area contributed by atoms with Crippen LogP contribution in [0.2, 0.25) is 0 Å². The number of thiazole rings is 1. The predicted octanol–water partition coefficient (Wildman–Crippen LogP) is 3.58. The fourth-order valence-electron chi connectivity index (χ4n) is 1.72. The zero-order valence-electron chi connectivity index (χ0n) is 11.0. The number of rotatable bonds is 3. The smallest absolute Gasteiger partial charge is 0.279 e. The van der Waals surface area contributed by atoms with Gasteiger partial charge in [0.2, 0.25) is 0 Å². The summed E-state index contributed by atoms with van der Waals surface area (Å²) in [4.78, 5) is 4.00. The molecule has 0 spiro atoms. The van der Waals surface area contributed by atoms with Crippen molar-refractivity contribution in [2.45, 2.75) is 24.2 Å². The lowest BCUT2D eigenvalue weighted by Gasteiger charge is -2.10. The van der Waals surface area contributed by atoms with Crippen molar-refractivity contribution in [3.8, 4) is 0 Å². The summed E-state index contributed by atoms with van der Waals surface area (Å²) < 4.78 is 64.3. The van der Waals surface area contributed by atoms with Crippen molar-refractivity contribution in [1.29, 1.82) is 0 Å². The summed E-state index contributed by atoms with van der Waals surface area (Å²) in [5.41, 5.74) is -0.743. The van der Waals surface area contributed by atoms with E-state index in [9.17, 15) is 21.6 Å². The van der Waals surface area contributed by atoms with Crippen LogP contribution in [0.1, 0.15) is 16.3 Å². The Hall–Kier alpha value is -1.61. The van der Waals surface area contributed by atoms with E-state index < -0.39 is 21.8 Å². The maximum Gasteiger partial charge on any atom is 0.416 e. The molecule has 0 aliphatic rings. The number of benzene rings is 1. The van der Waals surface area contributed by atoms with Gasteiger partial charge in [-0.15, -0.1) is 11.3 Å². The molecule has 21 heavy (non-hydrogen) atoms. The second kappa shape index (κ2) is 5.30. The number of nitrogens with zero attached hydrogens (tertiary/aromatic N) is 1. The van der Waals surface area contributed by atoms with Gasteiger partial charge in [-0.2, -0.15) is 13.2 Å². The Balaban J connectivity index is 2.36. The normalized spacial score (nSPS) is 12.4. The summed E-state index contributed by atoms with van der Waals surface area (Å²) in [6.45, 7) is 3.19. The molecule has 1 heterocycles. The third-order valence-electron chi connectivity index (χ3n) is 2.55. The van der Waals surface area contributed by atoms with Gasteiger partial charge in [0.1, 0.15) is 0 Å². The van der Waals surface area contributed by atoms with Gasteiger partial charge in [0, 0.05) is 5.69 Å². The highest BCUT2D eigenvalue weighted by molar-refractivity contribution is 7.94. The quantitative estimate of drug-likeness (QED) is 0.932. The lowest BCUT2D eigenvalue weighted by Crippen LogP contribution is -2.13. The zero-order valence-corrected chi connectivity index (χ0v) is 12.7. The standard InChI is InChI=1S/C12H11F3N2O2S2/c1-7-11(20-8(2)16-7)21(18,19)17-10-5-3-4-9(6-10)12(13,14)15/h3-6,17H,1-2H3. The van der Waals surface area contributed by atoms with Crippen LogP contribution < -0.4 is 4.72 Å². The van der Waals surface area contributed by atoms with Gasteiger partial charge >= 0.3 is 6.18 Å². The highest BCUT2D eigenvalue weighted by Crippen LogP contribution is 2.32. The largest absolute Gasteiger partial charge is 0.416 e. The molecular weight excluding hydrogens is 325 g/mol. The van der Waals surface area contributed by atoms with Gasteiger partial charge in [-0.1, -0.05) is 6.07 Å². The molecule has 0 fully saturated rings.